The van der Waals surface area contributed by atoms with Crippen molar-refractivity contribution in [1.29, 1.82) is 0 Å². The SMILES string of the molecule is C=CCc1ccc(NC)nc1. The minimum absolute atomic E-state index is 0.886. The predicted molar refractivity (Wildman–Crippen MR) is 47.7 cm³/mol. The second-order valence-corrected chi connectivity index (χ2v) is 2.29. The molecule has 1 rings (SSSR count). The van der Waals surface area contributed by atoms with Crippen molar-refractivity contribution in [3.63, 3.8) is 0 Å². The van der Waals surface area contributed by atoms with Gasteiger partial charge in [0.2, 0.25) is 0 Å². The van der Waals surface area contributed by atoms with Crippen LogP contribution in [0.2, 0.25) is 0 Å². The maximum Gasteiger partial charge on any atom is 0.125 e. The summed E-state index contributed by atoms with van der Waals surface area (Å²) in [5.41, 5.74) is 1.19. The molecule has 0 radical (unpaired) electrons. The molecule has 0 fully saturated rings. The number of rotatable bonds is 3. The van der Waals surface area contributed by atoms with Crippen LogP contribution in [0.3, 0.4) is 0 Å². The van der Waals surface area contributed by atoms with Gasteiger partial charge in [-0.1, -0.05) is 12.1 Å². The lowest BCUT2D eigenvalue weighted by Crippen LogP contribution is -1.92. The van der Waals surface area contributed by atoms with Crippen molar-refractivity contribution in [3.8, 4) is 0 Å². The molecular weight excluding hydrogens is 136 g/mol. The van der Waals surface area contributed by atoms with Gasteiger partial charge in [0.25, 0.3) is 0 Å². The highest BCUT2D eigenvalue weighted by atomic mass is 14.9. The van der Waals surface area contributed by atoms with E-state index in [9.17, 15) is 0 Å². The van der Waals surface area contributed by atoms with E-state index in [2.05, 4.69) is 16.9 Å². The minimum Gasteiger partial charge on any atom is -0.373 e. The number of pyridine rings is 1. The van der Waals surface area contributed by atoms with Gasteiger partial charge in [-0.25, -0.2) is 4.98 Å². The lowest BCUT2D eigenvalue weighted by atomic mass is 10.2. The molecule has 1 aromatic rings. The lowest BCUT2D eigenvalue weighted by molar-refractivity contribution is 1.18. The quantitative estimate of drug-likeness (QED) is 0.662. The van der Waals surface area contributed by atoms with Crippen LogP contribution >= 0.6 is 0 Å². The molecule has 2 heteroatoms. The summed E-state index contributed by atoms with van der Waals surface area (Å²) in [5, 5.41) is 2.96. The molecule has 0 spiro atoms. The van der Waals surface area contributed by atoms with Gasteiger partial charge in [-0.15, -0.1) is 6.58 Å². The van der Waals surface area contributed by atoms with Crippen LogP contribution < -0.4 is 5.32 Å². The van der Waals surface area contributed by atoms with Crippen molar-refractivity contribution in [2.24, 2.45) is 0 Å². The molecule has 0 aliphatic heterocycles. The molecule has 2 nitrogen and oxygen atoms in total. The highest BCUT2D eigenvalue weighted by molar-refractivity contribution is 5.34. The van der Waals surface area contributed by atoms with Crippen LogP contribution in [0.1, 0.15) is 5.56 Å². The highest BCUT2D eigenvalue weighted by Gasteiger charge is 1.90. The molecule has 11 heavy (non-hydrogen) atoms. The fourth-order valence-electron chi connectivity index (χ4n) is 0.860. The first kappa shape index (κ1) is 7.79. The molecule has 0 atom stereocenters. The summed E-state index contributed by atoms with van der Waals surface area (Å²) in [6, 6.07) is 4.00. The Labute approximate surface area is 67.0 Å². The largest absolute Gasteiger partial charge is 0.373 e. The van der Waals surface area contributed by atoms with Crippen LogP contribution in [0.25, 0.3) is 0 Å². The Kier molecular flexibility index (Phi) is 2.66. The maximum atomic E-state index is 4.16. The van der Waals surface area contributed by atoms with Crippen LogP contribution in [0, 0.1) is 0 Å². The predicted octanol–water partition coefficient (Wildman–Crippen LogP) is 1.85. The Morgan fingerprint density at radius 1 is 1.64 bits per heavy atom. The summed E-state index contributed by atoms with van der Waals surface area (Å²) in [6.07, 6.45) is 4.61. The normalized spacial score (nSPS) is 9.18. The number of nitrogens with zero attached hydrogens (tertiary/aromatic N) is 1. The van der Waals surface area contributed by atoms with E-state index in [-0.39, 0.29) is 0 Å². The van der Waals surface area contributed by atoms with Crippen LogP contribution in [0.4, 0.5) is 5.82 Å². The summed E-state index contributed by atoms with van der Waals surface area (Å²) in [6.45, 7) is 3.66. The van der Waals surface area contributed by atoms with Crippen LogP contribution in [0.15, 0.2) is 31.0 Å². The molecule has 1 N–H and O–H groups in total. The first-order valence-electron chi connectivity index (χ1n) is 3.60. The number of allylic oxidation sites excluding steroid dienone is 1. The second kappa shape index (κ2) is 3.76. The topological polar surface area (TPSA) is 24.9 Å². The lowest BCUT2D eigenvalue weighted by Gasteiger charge is -1.98. The Hall–Kier alpha value is -1.31. The third kappa shape index (κ3) is 2.08. The summed E-state index contributed by atoms with van der Waals surface area (Å²) >= 11 is 0. The third-order valence-corrected chi connectivity index (χ3v) is 1.46. The molecule has 0 unspecified atom stereocenters. The molecule has 0 aliphatic rings. The molecule has 1 heterocycles. The van der Waals surface area contributed by atoms with Crippen molar-refractivity contribution in [3.05, 3.63) is 36.5 Å². The van der Waals surface area contributed by atoms with Gasteiger partial charge in [0.1, 0.15) is 5.82 Å². The zero-order valence-electron chi connectivity index (χ0n) is 6.67. The van der Waals surface area contributed by atoms with Crippen LogP contribution in [0.5, 0.6) is 0 Å². The van der Waals surface area contributed by atoms with Crippen LogP contribution in [-0.2, 0) is 6.42 Å². The first-order chi connectivity index (χ1) is 5.36. The third-order valence-electron chi connectivity index (χ3n) is 1.46. The van der Waals surface area contributed by atoms with E-state index >= 15 is 0 Å². The molecule has 0 bridgehead atoms. The Morgan fingerprint density at radius 3 is 2.91 bits per heavy atom. The van der Waals surface area contributed by atoms with Crippen molar-refractivity contribution in [2.45, 2.75) is 6.42 Å². The molecule has 1 aromatic heterocycles. The average Bonchev–Trinajstić information content (AvgIpc) is 2.07. The second-order valence-electron chi connectivity index (χ2n) is 2.29. The molecule has 0 aromatic carbocycles. The highest BCUT2D eigenvalue weighted by Crippen LogP contribution is 2.04. The fourth-order valence-corrected chi connectivity index (χ4v) is 0.860. The van der Waals surface area contributed by atoms with E-state index in [1.165, 1.54) is 5.56 Å². The molecule has 0 saturated carbocycles. The first-order valence-corrected chi connectivity index (χ1v) is 3.60. The summed E-state index contributed by atoms with van der Waals surface area (Å²) in [5.74, 6) is 0.901. The fraction of sp³-hybridized carbons (Fsp3) is 0.222. The summed E-state index contributed by atoms with van der Waals surface area (Å²) < 4.78 is 0. The van der Waals surface area contributed by atoms with Crippen molar-refractivity contribution in [1.82, 2.24) is 4.98 Å². The van der Waals surface area contributed by atoms with Gasteiger partial charge in [-0.3, -0.25) is 0 Å². The van der Waals surface area contributed by atoms with Gasteiger partial charge in [-0.2, -0.15) is 0 Å². The summed E-state index contributed by atoms with van der Waals surface area (Å²) in [7, 11) is 1.86. The number of anilines is 1. The molecule has 0 aliphatic carbocycles. The van der Waals surface area contributed by atoms with Crippen LogP contribution in [-0.4, -0.2) is 12.0 Å². The van der Waals surface area contributed by atoms with E-state index in [1.807, 2.05) is 31.5 Å². The summed E-state index contributed by atoms with van der Waals surface area (Å²) in [4.78, 5) is 4.16. The molecular formula is C9H12N2. The van der Waals surface area contributed by atoms with Crippen molar-refractivity contribution >= 4 is 5.82 Å². The van der Waals surface area contributed by atoms with E-state index < -0.39 is 0 Å². The van der Waals surface area contributed by atoms with E-state index in [0.717, 1.165) is 12.2 Å². The number of nitrogens with one attached hydrogen (secondary N) is 1. The standard InChI is InChI=1S/C9H12N2/c1-3-4-8-5-6-9(10-2)11-7-8/h3,5-7H,1,4H2,2H3,(H,10,11). The maximum absolute atomic E-state index is 4.16. The van der Waals surface area contributed by atoms with Gasteiger partial charge in [0, 0.05) is 13.2 Å². The molecule has 58 valence electrons. The van der Waals surface area contributed by atoms with Gasteiger partial charge in [-0.05, 0) is 18.1 Å². The monoisotopic (exact) mass is 148 g/mol. The number of aromatic nitrogens is 1. The Balaban J connectivity index is 2.74. The van der Waals surface area contributed by atoms with Crippen molar-refractivity contribution in [2.75, 3.05) is 12.4 Å². The minimum atomic E-state index is 0.886. The smallest absolute Gasteiger partial charge is 0.125 e. The van der Waals surface area contributed by atoms with Gasteiger partial charge in [0.15, 0.2) is 0 Å². The van der Waals surface area contributed by atoms with E-state index in [4.69, 9.17) is 0 Å². The zero-order chi connectivity index (χ0) is 8.10. The molecule has 0 saturated heterocycles. The van der Waals surface area contributed by atoms with E-state index in [0.29, 0.717) is 0 Å². The Morgan fingerprint density at radius 2 is 2.45 bits per heavy atom. The van der Waals surface area contributed by atoms with Crippen molar-refractivity contribution < 1.29 is 0 Å². The van der Waals surface area contributed by atoms with Gasteiger partial charge >= 0.3 is 0 Å². The average molecular weight is 148 g/mol. The van der Waals surface area contributed by atoms with Gasteiger partial charge < -0.3 is 5.32 Å². The Bertz CT molecular complexity index is 226. The van der Waals surface area contributed by atoms with E-state index in [1.54, 1.807) is 0 Å². The number of hydrogen-bond donors (Lipinski definition) is 1. The number of hydrogen-bond acceptors (Lipinski definition) is 2. The van der Waals surface area contributed by atoms with Gasteiger partial charge in [0.05, 0.1) is 0 Å². The molecule has 0 amide bonds. The zero-order valence-corrected chi connectivity index (χ0v) is 6.67.